The molecule has 1 heterocycles. The van der Waals surface area contributed by atoms with Crippen molar-refractivity contribution >= 4 is 29.6 Å². The largest absolute Gasteiger partial charge is 0.467 e. The van der Waals surface area contributed by atoms with E-state index in [9.17, 15) is 19.2 Å². The highest BCUT2D eigenvalue weighted by atomic mass is 16.5. The number of esters is 2. The molecule has 2 aliphatic rings. The lowest BCUT2D eigenvalue weighted by Gasteiger charge is -2.34. The molecule has 1 saturated carbocycles. The first-order chi connectivity index (χ1) is 16.1. The number of carbonyl (C=O) groups excluding carboxylic acids is 4. The molecule has 1 saturated heterocycles. The minimum atomic E-state index is -0.949. The molecule has 9 heteroatoms. The smallest absolute Gasteiger partial charge is 0.330 e. The van der Waals surface area contributed by atoms with Gasteiger partial charge in [0.05, 0.1) is 32.7 Å². The molecule has 0 unspecified atom stereocenters. The SMILES string of the molecule is COC(=O)[C@@H]1CN(C(=O)Nc2ccccc2)CN1C(=O)[C@@H](CC(=O)OC1CCCC1)C(C)(C)C. The van der Waals surface area contributed by atoms with E-state index in [4.69, 9.17) is 9.47 Å². The summed E-state index contributed by atoms with van der Waals surface area (Å²) in [6.45, 7) is 5.55. The number of benzene rings is 1. The number of carbonyl (C=O) groups is 4. The number of amides is 3. The normalized spacial score (nSPS) is 19.6. The first kappa shape index (κ1) is 25.5. The van der Waals surface area contributed by atoms with Crippen LogP contribution in [0.15, 0.2) is 30.3 Å². The number of nitrogens with one attached hydrogen (secondary N) is 1. The van der Waals surface area contributed by atoms with Crippen LogP contribution in [0.4, 0.5) is 10.5 Å². The summed E-state index contributed by atoms with van der Waals surface area (Å²) < 4.78 is 10.5. The summed E-state index contributed by atoms with van der Waals surface area (Å²) in [6, 6.07) is 7.55. The zero-order valence-electron chi connectivity index (χ0n) is 20.4. The zero-order chi connectivity index (χ0) is 24.9. The molecule has 34 heavy (non-hydrogen) atoms. The summed E-state index contributed by atoms with van der Waals surface area (Å²) in [4.78, 5) is 54.4. The van der Waals surface area contributed by atoms with Crippen molar-refractivity contribution < 1.29 is 28.7 Å². The number of anilines is 1. The average Bonchev–Trinajstić information content (AvgIpc) is 3.46. The van der Waals surface area contributed by atoms with Crippen LogP contribution >= 0.6 is 0 Å². The van der Waals surface area contributed by atoms with Gasteiger partial charge in [-0.1, -0.05) is 39.0 Å². The van der Waals surface area contributed by atoms with Crippen molar-refractivity contribution in [3.63, 3.8) is 0 Å². The molecule has 1 aliphatic heterocycles. The monoisotopic (exact) mass is 473 g/mol. The van der Waals surface area contributed by atoms with E-state index in [-0.39, 0.29) is 31.6 Å². The topological polar surface area (TPSA) is 105 Å². The molecule has 1 aromatic carbocycles. The van der Waals surface area contributed by atoms with Crippen LogP contribution in [0.3, 0.4) is 0 Å². The average molecular weight is 474 g/mol. The summed E-state index contributed by atoms with van der Waals surface area (Å²) in [5, 5.41) is 2.78. The minimum Gasteiger partial charge on any atom is -0.467 e. The van der Waals surface area contributed by atoms with Crippen molar-refractivity contribution in [2.75, 3.05) is 25.6 Å². The lowest BCUT2D eigenvalue weighted by atomic mass is 9.77. The quantitative estimate of drug-likeness (QED) is 0.635. The Balaban J connectivity index is 1.75. The highest BCUT2D eigenvalue weighted by molar-refractivity contribution is 5.93. The minimum absolute atomic E-state index is 0.000460. The van der Waals surface area contributed by atoms with Gasteiger partial charge in [-0.15, -0.1) is 0 Å². The Morgan fingerprint density at radius 1 is 1.09 bits per heavy atom. The summed E-state index contributed by atoms with van der Waals surface area (Å²) in [5.74, 6) is -2.11. The Morgan fingerprint density at radius 3 is 2.32 bits per heavy atom. The van der Waals surface area contributed by atoms with Gasteiger partial charge in [-0.2, -0.15) is 0 Å². The summed E-state index contributed by atoms with van der Waals surface area (Å²) in [7, 11) is 1.25. The fourth-order valence-electron chi connectivity index (χ4n) is 4.45. The fourth-order valence-corrected chi connectivity index (χ4v) is 4.45. The molecule has 186 valence electrons. The van der Waals surface area contributed by atoms with Crippen LogP contribution in [0.5, 0.6) is 0 Å². The molecule has 3 amide bonds. The number of ether oxygens (including phenoxy) is 2. The lowest BCUT2D eigenvalue weighted by molar-refractivity contribution is -0.158. The van der Waals surface area contributed by atoms with Crippen LogP contribution in [0, 0.1) is 11.3 Å². The number of rotatable bonds is 6. The zero-order valence-corrected chi connectivity index (χ0v) is 20.4. The van der Waals surface area contributed by atoms with E-state index in [1.807, 2.05) is 26.8 Å². The van der Waals surface area contributed by atoms with Gasteiger partial charge < -0.3 is 24.6 Å². The number of urea groups is 1. The highest BCUT2D eigenvalue weighted by Gasteiger charge is 2.46. The van der Waals surface area contributed by atoms with Gasteiger partial charge in [0.25, 0.3) is 0 Å². The summed E-state index contributed by atoms with van der Waals surface area (Å²) in [6.07, 6.45) is 3.60. The van der Waals surface area contributed by atoms with Crippen LogP contribution in [0.25, 0.3) is 0 Å². The van der Waals surface area contributed by atoms with Gasteiger partial charge in [-0.25, -0.2) is 9.59 Å². The van der Waals surface area contributed by atoms with Crippen molar-refractivity contribution in [3.05, 3.63) is 30.3 Å². The maximum absolute atomic E-state index is 13.7. The summed E-state index contributed by atoms with van der Waals surface area (Å²) in [5.41, 5.74) is 0.0423. The Labute approximate surface area is 200 Å². The van der Waals surface area contributed by atoms with Crippen LogP contribution < -0.4 is 5.32 Å². The van der Waals surface area contributed by atoms with E-state index in [1.165, 1.54) is 16.9 Å². The van der Waals surface area contributed by atoms with Crippen molar-refractivity contribution in [2.45, 2.75) is 65.0 Å². The molecule has 0 radical (unpaired) electrons. The second kappa shape index (κ2) is 10.9. The molecule has 1 N–H and O–H groups in total. The number of methoxy groups -OCH3 is 1. The van der Waals surface area contributed by atoms with Gasteiger partial charge in [-0.05, 0) is 43.2 Å². The molecular weight excluding hydrogens is 438 g/mol. The van der Waals surface area contributed by atoms with E-state index in [2.05, 4.69) is 5.32 Å². The molecule has 1 aliphatic carbocycles. The second-order valence-corrected chi connectivity index (χ2v) is 10.0. The maximum atomic E-state index is 13.7. The molecule has 0 aromatic heterocycles. The van der Waals surface area contributed by atoms with E-state index in [0.717, 1.165) is 25.7 Å². The third-order valence-corrected chi connectivity index (χ3v) is 6.48. The molecular formula is C25H35N3O6. The fraction of sp³-hybridized carbons (Fsp3) is 0.600. The second-order valence-electron chi connectivity index (χ2n) is 10.0. The van der Waals surface area contributed by atoms with Gasteiger partial charge in [0.15, 0.2) is 0 Å². The van der Waals surface area contributed by atoms with E-state index >= 15 is 0 Å². The van der Waals surface area contributed by atoms with Crippen molar-refractivity contribution in [2.24, 2.45) is 11.3 Å². The van der Waals surface area contributed by atoms with Gasteiger partial charge in [0.1, 0.15) is 12.1 Å². The molecule has 0 spiro atoms. The van der Waals surface area contributed by atoms with Crippen LogP contribution in [0.2, 0.25) is 0 Å². The first-order valence-electron chi connectivity index (χ1n) is 11.8. The lowest BCUT2D eigenvalue weighted by Crippen LogP contribution is -2.48. The molecule has 2 fully saturated rings. The van der Waals surface area contributed by atoms with Crippen LogP contribution in [0.1, 0.15) is 52.9 Å². The first-order valence-corrected chi connectivity index (χ1v) is 11.8. The van der Waals surface area contributed by atoms with Crippen LogP contribution in [-0.2, 0) is 23.9 Å². The van der Waals surface area contributed by atoms with Gasteiger partial charge in [0, 0.05) is 5.69 Å². The standard InChI is InChI=1S/C25H35N3O6/c1-25(2,3)19(14-21(29)34-18-12-8-9-13-18)22(30)28-16-27(15-20(28)23(31)33-4)24(32)26-17-10-6-5-7-11-17/h5-7,10-11,18-20H,8-9,12-16H2,1-4H3,(H,26,32)/t19-,20+/m1/s1. The predicted octanol–water partition coefficient (Wildman–Crippen LogP) is 3.40. The Morgan fingerprint density at radius 2 is 1.74 bits per heavy atom. The van der Waals surface area contributed by atoms with Gasteiger partial charge >= 0.3 is 18.0 Å². The Kier molecular flexibility index (Phi) is 8.17. The predicted molar refractivity (Wildman–Crippen MR) is 126 cm³/mol. The molecule has 9 nitrogen and oxygen atoms in total. The third kappa shape index (κ3) is 6.27. The Bertz CT molecular complexity index is 892. The molecule has 1 aromatic rings. The van der Waals surface area contributed by atoms with Gasteiger partial charge in [-0.3, -0.25) is 9.59 Å². The molecule has 2 atom stereocenters. The highest BCUT2D eigenvalue weighted by Crippen LogP contribution is 2.33. The molecule has 0 bridgehead atoms. The van der Waals surface area contributed by atoms with Gasteiger partial charge in [0.2, 0.25) is 5.91 Å². The van der Waals surface area contributed by atoms with Crippen LogP contribution in [-0.4, -0.2) is 66.1 Å². The van der Waals surface area contributed by atoms with E-state index in [1.54, 1.807) is 24.3 Å². The van der Waals surface area contributed by atoms with Crippen molar-refractivity contribution in [3.8, 4) is 0 Å². The molecule has 3 rings (SSSR count). The maximum Gasteiger partial charge on any atom is 0.330 e. The number of nitrogens with zero attached hydrogens (tertiary/aromatic N) is 2. The number of para-hydroxylation sites is 1. The van der Waals surface area contributed by atoms with E-state index < -0.39 is 35.3 Å². The van der Waals surface area contributed by atoms with Crippen molar-refractivity contribution in [1.29, 1.82) is 0 Å². The third-order valence-electron chi connectivity index (χ3n) is 6.48. The van der Waals surface area contributed by atoms with Crippen molar-refractivity contribution in [1.82, 2.24) is 9.80 Å². The summed E-state index contributed by atoms with van der Waals surface area (Å²) >= 11 is 0. The Hall–Kier alpha value is -3.10. The number of hydrogen-bond acceptors (Lipinski definition) is 6. The number of hydrogen-bond donors (Lipinski definition) is 1. The van der Waals surface area contributed by atoms with E-state index in [0.29, 0.717) is 5.69 Å².